The molecule has 98 valence electrons. The monoisotopic (exact) mass is 256 g/mol. The van der Waals surface area contributed by atoms with E-state index < -0.39 is 0 Å². The van der Waals surface area contributed by atoms with E-state index in [4.69, 9.17) is 0 Å². The lowest BCUT2D eigenvalue weighted by atomic mass is 9.98. The quantitative estimate of drug-likeness (QED) is 0.650. The molecule has 0 heterocycles. The van der Waals surface area contributed by atoms with Gasteiger partial charge in [-0.2, -0.15) is 0 Å². The lowest BCUT2D eigenvalue weighted by Crippen LogP contribution is -2.17. The van der Waals surface area contributed by atoms with Gasteiger partial charge in [0.2, 0.25) is 0 Å². The maximum Gasteiger partial charge on any atom is 0.265 e. The van der Waals surface area contributed by atoms with Crippen LogP contribution in [0, 0.1) is 0 Å². The Balaban J connectivity index is 2.16. The van der Waals surface area contributed by atoms with Gasteiger partial charge in [0.1, 0.15) is 0 Å². The highest BCUT2D eigenvalue weighted by atomic mass is 16.6. The summed E-state index contributed by atoms with van der Waals surface area (Å²) in [6.45, 7) is 3.03. The Kier molecular flexibility index (Phi) is 4.50. The Morgan fingerprint density at radius 3 is 2.95 bits per heavy atom. The lowest BCUT2D eigenvalue weighted by Gasteiger charge is -2.13. The fraction of sp³-hybridized carbons (Fsp3) is 0.200. The van der Waals surface area contributed by atoms with Crippen molar-refractivity contribution < 1.29 is 9.63 Å². The van der Waals surface area contributed by atoms with Crippen LogP contribution in [0.2, 0.25) is 0 Å². The number of nitrogens with one attached hydrogen (secondary N) is 1. The molecule has 0 aromatic heterocycles. The summed E-state index contributed by atoms with van der Waals surface area (Å²) in [5, 5.41) is 6.01. The second-order valence-corrected chi connectivity index (χ2v) is 4.14. The third kappa shape index (κ3) is 3.55. The minimum atomic E-state index is -0.250. The zero-order valence-corrected chi connectivity index (χ0v) is 10.6. The van der Waals surface area contributed by atoms with Gasteiger partial charge in [-0.15, -0.1) is 5.16 Å². The van der Waals surface area contributed by atoms with Gasteiger partial charge in [0.25, 0.3) is 5.91 Å². The molecule has 1 aromatic carbocycles. The van der Waals surface area contributed by atoms with Crippen LogP contribution < -0.4 is 5.32 Å². The van der Waals surface area contributed by atoms with Crippen LogP contribution in [0.25, 0.3) is 5.57 Å². The van der Waals surface area contributed by atoms with Crippen LogP contribution in [0.15, 0.2) is 47.6 Å². The van der Waals surface area contributed by atoms with Gasteiger partial charge in [-0.25, -0.2) is 0 Å². The Morgan fingerprint density at radius 2 is 2.21 bits per heavy atom. The molecular formula is C15H16N2O2. The van der Waals surface area contributed by atoms with Crippen LogP contribution in [0.4, 0.5) is 5.69 Å². The standard InChI is InChI=1S/C15H16N2O2/c1-16-19-11-15(18)17-14-10-6-5-9-13(14)12-7-3-2-4-8-12/h3,5-10H,1-2,4,11H2,(H,17,18). The smallest absolute Gasteiger partial charge is 0.265 e. The van der Waals surface area contributed by atoms with Gasteiger partial charge >= 0.3 is 0 Å². The van der Waals surface area contributed by atoms with Gasteiger partial charge in [0.05, 0.1) is 0 Å². The van der Waals surface area contributed by atoms with Crippen molar-refractivity contribution in [1.82, 2.24) is 0 Å². The Labute approximate surface area is 112 Å². The maximum atomic E-state index is 11.6. The number of oxime groups is 1. The van der Waals surface area contributed by atoms with Crippen molar-refractivity contribution in [3.05, 3.63) is 48.1 Å². The fourth-order valence-electron chi connectivity index (χ4n) is 1.95. The second-order valence-electron chi connectivity index (χ2n) is 4.14. The van der Waals surface area contributed by atoms with E-state index >= 15 is 0 Å². The summed E-state index contributed by atoms with van der Waals surface area (Å²) in [6, 6.07) is 7.70. The van der Waals surface area contributed by atoms with Crippen LogP contribution in [-0.4, -0.2) is 19.2 Å². The van der Waals surface area contributed by atoms with E-state index in [1.807, 2.05) is 24.3 Å². The molecule has 0 atom stereocenters. The van der Waals surface area contributed by atoms with E-state index in [9.17, 15) is 4.79 Å². The van der Waals surface area contributed by atoms with Gasteiger partial charge in [-0.3, -0.25) is 4.79 Å². The molecule has 0 bridgehead atoms. The zero-order chi connectivity index (χ0) is 13.5. The predicted molar refractivity (Wildman–Crippen MR) is 76.9 cm³/mol. The van der Waals surface area contributed by atoms with Gasteiger partial charge in [0, 0.05) is 18.0 Å². The number of para-hydroxylation sites is 1. The highest BCUT2D eigenvalue weighted by Gasteiger charge is 2.09. The molecule has 2 rings (SSSR count). The average Bonchev–Trinajstić information content (AvgIpc) is 2.46. The molecule has 4 heteroatoms. The summed E-state index contributed by atoms with van der Waals surface area (Å²) in [6.07, 6.45) is 8.48. The minimum Gasteiger partial charge on any atom is -0.386 e. The minimum absolute atomic E-state index is 0.132. The van der Waals surface area contributed by atoms with E-state index in [1.54, 1.807) is 0 Å². The van der Waals surface area contributed by atoms with Crippen molar-refractivity contribution in [2.75, 3.05) is 11.9 Å². The molecule has 1 N–H and O–H groups in total. The zero-order valence-electron chi connectivity index (χ0n) is 10.6. The molecule has 0 radical (unpaired) electrons. The fourth-order valence-corrected chi connectivity index (χ4v) is 1.95. The summed E-state index contributed by atoms with van der Waals surface area (Å²) in [5.74, 6) is -0.250. The van der Waals surface area contributed by atoms with Crippen molar-refractivity contribution in [3.8, 4) is 0 Å². The molecule has 0 saturated carbocycles. The lowest BCUT2D eigenvalue weighted by molar-refractivity contribution is -0.120. The largest absolute Gasteiger partial charge is 0.386 e. The number of carbonyl (C=O) groups is 1. The number of carbonyl (C=O) groups excluding carboxylic acids is 1. The van der Waals surface area contributed by atoms with Crippen molar-refractivity contribution >= 4 is 23.9 Å². The molecular weight excluding hydrogens is 240 g/mol. The molecule has 1 aliphatic carbocycles. The summed E-state index contributed by atoms with van der Waals surface area (Å²) in [4.78, 5) is 16.3. The normalized spacial score (nSPS) is 13.6. The summed E-state index contributed by atoms with van der Waals surface area (Å²) in [7, 11) is 0. The third-order valence-electron chi connectivity index (χ3n) is 2.79. The van der Waals surface area contributed by atoms with Crippen LogP contribution >= 0.6 is 0 Å². The number of anilines is 1. The predicted octanol–water partition coefficient (Wildman–Crippen LogP) is 2.99. The Bertz CT molecular complexity index is 533. The molecule has 0 spiro atoms. The molecule has 1 aliphatic rings. The summed E-state index contributed by atoms with van der Waals surface area (Å²) < 4.78 is 0. The number of benzene rings is 1. The first kappa shape index (κ1) is 13.1. The van der Waals surface area contributed by atoms with Crippen molar-refractivity contribution in [2.24, 2.45) is 5.16 Å². The summed E-state index contributed by atoms with van der Waals surface area (Å²) in [5.41, 5.74) is 2.92. The van der Waals surface area contributed by atoms with E-state index in [2.05, 4.69) is 40.3 Å². The van der Waals surface area contributed by atoms with E-state index in [1.165, 1.54) is 0 Å². The number of amides is 1. The molecule has 0 aliphatic heterocycles. The number of allylic oxidation sites excluding steroid dienone is 4. The Morgan fingerprint density at radius 1 is 1.37 bits per heavy atom. The number of rotatable bonds is 5. The first-order chi connectivity index (χ1) is 9.31. The highest BCUT2D eigenvalue weighted by Crippen LogP contribution is 2.27. The summed E-state index contributed by atoms with van der Waals surface area (Å²) >= 11 is 0. The first-order valence-electron chi connectivity index (χ1n) is 6.15. The van der Waals surface area contributed by atoms with Crippen LogP contribution in [0.3, 0.4) is 0 Å². The van der Waals surface area contributed by atoms with E-state index in [0.29, 0.717) is 0 Å². The molecule has 1 aromatic rings. The van der Waals surface area contributed by atoms with Crippen molar-refractivity contribution in [2.45, 2.75) is 12.8 Å². The third-order valence-corrected chi connectivity index (χ3v) is 2.79. The average molecular weight is 256 g/mol. The Hall–Kier alpha value is -2.36. The first-order valence-corrected chi connectivity index (χ1v) is 6.15. The SMILES string of the molecule is C=NOCC(=O)Nc1ccccc1C1=CCCC=C1. The van der Waals surface area contributed by atoms with Crippen LogP contribution in [-0.2, 0) is 9.63 Å². The van der Waals surface area contributed by atoms with Crippen molar-refractivity contribution in [3.63, 3.8) is 0 Å². The van der Waals surface area contributed by atoms with Gasteiger partial charge in [0.15, 0.2) is 6.61 Å². The molecule has 0 unspecified atom stereocenters. The van der Waals surface area contributed by atoms with Gasteiger partial charge in [-0.1, -0.05) is 36.4 Å². The molecule has 0 saturated heterocycles. The second kappa shape index (κ2) is 6.54. The maximum absolute atomic E-state index is 11.6. The van der Waals surface area contributed by atoms with Crippen molar-refractivity contribution in [1.29, 1.82) is 0 Å². The molecule has 4 nitrogen and oxygen atoms in total. The van der Waals surface area contributed by atoms with Gasteiger partial charge in [-0.05, 0) is 24.5 Å². The van der Waals surface area contributed by atoms with E-state index in [-0.39, 0.29) is 12.5 Å². The number of hydrogen-bond donors (Lipinski definition) is 1. The topological polar surface area (TPSA) is 50.7 Å². The molecule has 19 heavy (non-hydrogen) atoms. The van der Waals surface area contributed by atoms with Crippen LogP contribution in [0.1, 0.15) is 18.4 Å². The molecule has 1 amide bonds. The molecule has 0 fully saturated rings. The highest BCUT2D eigenvalue weighted by molar-refractivity contribution is 5.96. The van der Waals surface area contributed by atoms with E-state index in [0.717, 1.165) is 29.7 Å². The number of hydrogen-bond acceptors (Lipinski definition) is 3. The van der Waals surface area contributed by atoms with Gasteiger partial charge < -0.3 is 10.2 Å². The van der Waals surface area contributed by atoms with Crippen LogP contribution in [0.5, 0.6) is 0 Å². The number of nitrogens with zero attached hydrogens (tertiary/aromatic N) is 1.